The molecule has 8 heteroatoms. The molecule has 0 radical (unpaired) electrons. The maximum Gasteiger partial charge on any atom is 0.376 e. The van der Waals surface area contributed by atoms with E-state index in [0.717, 1.165) is 5.82 Å². The van der Waals surface area contributed by atoms with E-state index in [1.807, 2.05) is 11.6 Å². The van der Waals surface area contributed by atoms with E-state index in [1.165, 1.54) is 7.11 Å². The van der Waals surface area contributed by atoms with Gasteiger partial charge in [0.2, 0.25) is 5.82 Å². The van der Waals surface area contributed by atoms with E-state index >= 15 is 0 Å². The van der Waals surface area contributed by atoms with Crippen molar-refractivity contribution in [3.63, 3.8) is 0 Å². The van der Waals surface area contributed by atoms with Gasteiger partial charge in [-0.15, -0.1) is 10.2 Å². The summed E-state index contributed by atoms with van der Waals surface area (Å²) >= 11 is 0. The normalized spacial score (nSPS) is 10.3. The lowest BCUT2D eigenvalue weighted by atomic mass is 10.3. The third-order valence-electron chi connectivity index (χ3n) is 2.68. The number of hydrogen-bond acceptors (Lipinski definition) is 7. The number of carbonyl (C=O) groups is 1. The summed E-state index contributed by atoms with van der Waals surface area (Å²) in [4.78, 5) is 19.6. The number of anilines is 1. The second kappa shape index (κ2) is 6.09. The molecule has 8 nitrogen and oxygen atoms in total. The number of ether oxygens (including phenoxy) is 1. The SMILES string of the molecule is COC(=O)c1nc(C)cc(NCCc2nncn2C)n1. The van der Waals surface area contributed by atoms with Crippen molar-refractivity contribution in [3.05, 3.63) is 29.7 Å². The molecule has 106 valence electrons. The van der Waals surface area contributed by atoms with Crippen LogP contribution in [0.3, 0.4) is 0 Å². The van der Waals surface area contributed by atoms with Gasteiger partial charge in [-0.25, -0.2) is 14.8 Å². The van der Waals surface area contributed by atoms with Crippen LogP contribution in [0.2, 0.25) is 0 Å². The molecule has 2 aromatic heterocycles. The highest BCUT2D eigenvalue weighted by Crippen LogP contribution is 2.07. The van der Waals surface area contributed by atoms with Gasteiger partial charge in [-0.05, 0) is 6.92 Å². The summed E-state index contributed by atoms with van der Waals surface area (Å²) in [6.07, 6.45) is 2.35. The lowest BCUT2D eigenvalue weighted by molar-refractivity contribution is 0.0586. The summed E-state index contributed by atoms with van der Waals surface area (Å²) in [5, 5.41) is 10.9. The highest BCUT2D eigenvalue weighted by molar-refractivity contribution is 5.85. The van der Waals surface area contributed by atoms with Crippen LogP contribution in [-0.2, 0) is 18.2 Å². The molecule has 0 aliphatic carbocycles. The maximum atomic E-state index is 11.4. The second-order valence-electron chi connectivity index (χ2n) is 4.24. The van der Waals surface area contributed by atoms with Crippen molar-refractivity contribution >= 4 is 11.8 Å². The zero-order chi connectivity index (χ0) is 14.5. The molecule has 0 bridgehead atoms. The first-order valence-corrected chi connectivity index (χ1v) is 6.11. The van der Waals surface area contributed by atoms with Crippen molar-refractivity contribution in [1.82, 2.24) is 24.7 Å². The van der Waals surface area contributed by atoms with E-state index in [4.69, 9.17) is 0 Å². The Balaban J connectivity index is 2.00. The zero-order valence-corrected chi connectivity index (χ0v) is 11.6. The molecule has 0 unspecified atom stereocenters. The molecule has 1 N–H and O–H groups in total. The minimum atomic E-state index is -0.551. The van der Waals surface area contributed by atoms with Crippen LogP contribution in [0, 0.1) is 6.92 Å². The summed E-state index contributed by atoms with van der Waals surface area (Å²) in [5.74, 6) is 0.954. The number of methoxy groups -OCH3 is 1. The first-order chi connectivity index (χ1) is 9.60. The van der Waals surface area contributed by atoms with Crippen LogP contribution in [0.25, 0.3) is 0 Å². The number of aromatic nitrogens is 5. The fraction of sp³-hybridized carbons (Fsp3) is 0.417. The minimum absolute atomic E-state index is 0.0497. The van der Waals surface area contributed by atoms with Gasteiger partial charge < -0.3 is 14.6 Å². The first-order valence-electron chi connectivity index (χ1n) is 6.11. The number of rotatable bonds is 5. The van der Waals surface area contributed by atoms with Crippen molar-refractivity contribution in [2.24, 2.45) is 7.05 Å². The summed E-state index contributed by atoms with van der Waals surface area (Å²) in [7, 11) is 3.19. The average molecular weight is 276 g/mol. The van der Waals surface area contributed by atoms with Crippen LogP contribution in [0.1, 0.15) is 22.1 Å². The van der Waals surface area contributed by atoms with E-state index in [1.54, 1.807) is 19.3 Å². The largest absolute Gasteiger partial charge is 0.463 e. The Hall–Kier alpha value is -2.51. The van der Waals surface area contributed by atoms with E-state index in [0.29, 0.717) is 24.5 Å². The molecule has 20 heavy (non-hydrogen) atoms. The molecule has 0 fully saturated rings. The molecule has 0 aromatic carbocycles. The van der Waals surface area contributed by atoms with Crippen molar-refractivity contribution < 1.29 is 9.53 Å². The highest BCUT2D eigenvalue weighted by Gasteiger charge is 2.11. The predicted molar refractivity (Wildman–Crippen MR) is 71.3 cm³/mol. The Bertz CT molecular complexity index is 610. The molecule has 2 heterocycles. The predicted octanol–water partition coefficient (Wildman–Crippen LogP) is 0.355. The number of esters is 1. The molecular weight excluding hydrogens is 260 g/mol. The molecule has 0 spiro atoms. The van der Waals surface area contributed by atoms with Crippen molar-refractivity contribution in [2.45, 2.75) is 13.3 Å². The maximum absolute atomic E-state index is 11.4. The molecule has 2 rings (SSSR count). The van der Waals surface area contributed by atoms with Gasteiger partial charge in [0.25, 0.3) is 0 Å². The van der Waals surface area contributed by atoms with E-state index < -0.39 is 5.97 Å². The third-order valence-corrected chi connectivity index (χ3v) is 2.68. The minimum Gasteiger partial charge on any atom is -0.463 e. The molecule has 2 aromatic rings. The van der Waals surface area contributed by atoms with Gasteiger partial charge in [0.05, 0.1) is 7.11 Å². The third kappa shape index (κ3) is 3.28. The Labute approximate surface area is 116 Å². The molecular formula is C12H16N6O2. The average Bonchev–Trinajstić information content (AvgIpc) is 2.83. The topological polar surface area (TPSA) is 94.8 Å². The van der Waals surface area contributed by atoms with Crippen LogP contribution in [-0.4, -0.2) is 44.4 Å². The highest BCUT2D eigenvalue weighted by atomic mass is 16.5. The van der Waals surface area contributed by atoms with E-state index in [-0.39, 0.29) is 5.82 Å². The standard InChI is InChI=1S/C12H16N6O2/c1-8-6-9(16-11(15-8)12(19)20-3)13-5-4-10-17-14-7-18(10)2/h6-7H,4-5H2,1-3H3,(H,13,15,16). The van der Waals surface area contributed by atoms with Gasteiger partial charge in [0.15, 0.2) is 0 Å². The van der Waals surface area contributed by atoms with Gasteiger partial charge in [-0.1, -0.05) is 0 Å². The molecule has 0 saturated carbocycles. The van der Waals surface area contributed by atoms with Gasteiger partial charge in [-0.2, -0.15) is 0 Å². The fourth-order valence-electron chi connectivity index (χ4n) is 1.68. The molecule has 0 amide bonds. The Kier molecular flexibility index (Phi) is 4.24. The first kappa shape index (κ1) is 13.9. The van der Waals surface area contributed by atoms with E-state index in [2.05, 4.69) is 30.2 Å². The van der Waals surface area contributed by atoms with Crippen LogP contribution in [0.4, 0.5) is 5.82 Å². The van der Waals surface area contributed by atoms with Crippen LogP contribution < -0.4 is 5.32 Å². The van der Waals surface area contributed by atoms with Crippen LogP contribution >= 0.6 is 0 Å². The summed E-state index contributed by atoms with van der Waals surface area (Å²) in [6.45, 7) is 2.42. The zero-order valence-electron chi connectivity index (χ0n) is 11.6. The van der Waals surface area contributed by atoms with Crippen LogP contribution in [0.15, 0.2) is 12.4 Å². The summed E-state index contributed by atoms with van der Waals surface area (Å²) in [6, 6.07) is 1.77. The van der Waals surface area contributed by atoms with Crippen molar-refractivity contribution in [2.75, 3.05) is 19.0 Å². The van der Waals surface area contributed by atoms with E-state index in [9.17, 15) is 4.79 Å². The Morgan fingerprint density at radius 2 is 2.25 bits per heavy atom. The second-order valence-corrected chi connectivity index (χ2v) is 4.24. The number of aryl methyl sites for hydroxylation is 2. The lowest BCUT2D eigenvalue weighted by Crippen LogP contribution is -2.13. The molecule has 0 saturated heterocycles. The van der Waals surface area contributed by atoms with Gasteiger partial charge in [0.1, 0.15) is 18.0 Å². The number of hydrogen-bond donors (Lipinski definition) is 1. The monoisotopic (exact) mass is 276 g/mol. The Morgan fingerprint density at radius 1 is 1.45 bits per heavy atom. The summed E-state index contributed by atoms with van der Waals surface area (Å²) < 4.78 is 6.47. The van der Waals surface area contributed by atoms with Crippen LogP contribution in [0.5, 0.6) is 0 Å². The smallest absolute Gasteiger partial charge is 0.376 e. The molecule has 0 atom stereocenters. The quantitative estimate of drug-likeness (QED) is 0.787. The van der Waals surface area contributed by atoms with Gasteiger partial charge in [0, 0.05) is 31.8 Å². The van der Waals surface area contributed by atoms with Gasteiger partial charge >= 0.3 is 5.97 Å². The number of nitrogens with zero attached hydrogens (tertiary/aromatic N) is 5. The summed E-state index contributed by atoms with van der Waals surface area (Å²) in [5.41, 5.74) is 0.696. The number of nitrogens with one attached hydrogen (secondary N) is 1. The van der Waals surface area contributed by atoms with Crippen molar-refractivity contribution in [3.8, 4) is 0 Å². The van der Waals surface area contributed by atoms with Gasteiger partial charge in [-0.3, -0.25) is 0 Å². The number of carbonyl (C=O) groups excluding carboxylic acids is 1. The fourth-order valence-corrected chi connectivity index (χ4v) is 1.68. The molecule has 0 aliphatic heterocycles. The molecule has 0 aliphatic rings. The van der Waals surface area contributed by atoms with Crippen molar-refractivity contribution in [1.29, 1.82) is 0 Å². The lowest BCUT2D eigenvalue weighted by Gasteiger charge is -2.07. The Morgan fingerprint density at radius 3 is 2.90 bits per heavy atom.